The van der Waals surface area contributed by atoms with Crippen LogP contribution in [0.25, 0.3) is 10.6 Å². The monoisotopic (exact) mass is 335 g/mol. The molecule has 0 saturated carbocycles. The van der Waals surface area contributed by atoms with E-state index < -0.39 is 0 Å². The molecule has 0 aliphatic carbocycles. The lowest BCUT2D eigenvalue weighted by molar-refractivity contribution is 0.0912. The third-order valence-electron chi connectivity index (χ3n) is 3.88. The van der Waals surface area contributed by atoms with Gasteiger partial charge in [0.05, 0.1) is 0 Å². The Balaban J connectivity index is 1.65. The van der Waals surface area contributed by atoms with E-state index >= 15 is 0 Å². The molecule has 4 nitrogen and oxygen atoms in total. The third kappa shape index (κ3) is 3.66. The van der Waals surface area contributed by atoms with Gasteiger partial charge < -0.3 is 10.2 Å². The first kappa shape index (κ1) is 15.5. The molecular formula is C16H18ClN3OS. The topological polar surface area (TPSA) is 45.2 Å². The summed E-state index contributed by atoms with van der Waals surface area (Å²) in [6, 6.07) is 7.75. The van der Waals surface area contributed by atoms with Crippen LogP contribution < -0.4 is 5.32 Å². The first-order valence-corrected chi connectivity index (χ1v) is 8.58. The zero-order valence-electron chi connectivity index (χ0n) is 12.4. The van der Waals surface area contributed by atoms with Crippen molar-refractivity contribution < 1.29 is 4.79 Å². The van der Waals surface area contributed by atoms with Crippen LogP contribution in [0.3, 0.4) is 0 Å². The molecule has 1 aromatic heterocycles. The van der Waals surface area contributed by atoms with E-state index in [-0.39, 0.29) is 11.9 Å². The molecule has 6 heteroatoms. The van der Waals surface area contributed by atoms with E-state index in [2.05, 4.69) is 22.2 Å². The highest BCUT2D eigenvalue weighted by molar-refractivity contribution is 7.13. The van der Waals surface area contributed by atoms with E-state index in [4.69, 9.17) is 11.6 Å². The van der Waals surface area contributed by atoms with Crippen LogP contribution in [0.2, 0.25) is 5.02 Å². The van der Waals surface area contributed by atoms with Crippen molar-refractivity contribution in [2.45, 2.75) is 18.9 Å². The minimum Gasteiger partial charge on any atom is -0.348 e. The molecule has 1 amide bonds. The number of carbonyl (C=O) groups is 1. The SMILES string of the molecule is CN1CCC(NC(=O)c2csc(-c3ccc(Cl)cc3)n2)CC1. The predicted molar refractivity (Wildman–Crippen MR) is 90.5 cm³/mol. The van der Waals surface area contributed by atoms with Crippen LogP contribution in [-0.2, 0) is 0 Å². The average molecular weight is 336 g/mol. The van der Waals surface area contributed by atoms with E-state index in [1.165, 1.54) is 11.3 Å². The number of hydrogen-bond donors (Lipinski definition) is 1. The van der Waals surface area contributed by atoms with Gasteiger partial charge in [0, 0.05) is 22.0 Å². The van der Waals surface area contributed by atoms with E-state index in [9.17, 15) is 4.79 Å². The number of nitrogens with zero attached hydrogens (tertiary/aromatic N) is 2. The molecule has 2 aromatic rings. The van der Waals surface area contributed by atoms with Crippen LogP contribution in [0.15, 0.2) is 29.6 Å². The van der Waals surface area contributed by atoms with Gasteiger partial charge in [-0.15, -0.1) is 11.3 Å². The fourth-order valence-corrected chi connectivity index (χ4v) is 3.45. The number of thiazole rings is 1. The molecule has 116 valence electrons. The van der Waals surface area contributed by atoms with Gasteiger partial charge in [0.25, 0.3) is 5.91 Å². The number of nitrogens with one attached hydrogen (secondary N) is 1. The summed E-state index contributed by atoms with van der Waals surface area (Å²) in [5.41, 5.74) is 1.47. The Hall–Kier alpha value is -1.43. The van der Waals surface area contributed by atoms with Gasteiger partial charge in [-0.05, 0) is 45.1 Å². The summed E-state index contributed by atoms with van der Waals surface area (Å²) < 4.78 is 0. The van der Waals surface area contributed by atoms with Crippen molar-refractivity contribution in [3.63, 3.8) is 0 Å². The maximum Gasteiger partial charge on any atom is 0.270 e. The summed E-state index contributed by atoms with van der Waals surface area (Å²) in [7, 11) is 2.11. The summed E-state index contributed by atoms with van der Waals surface area (Å²) in [4.78, 5) is 19.0. The first-order chi connectivity index (χ1) is 10.6. The van der Waals surface area contributed by atoms with Gasteiger partial charge in [-0.25, -0.2) is 4.98 Å². The van der Waals surface area contributed by atoms with Crippen molar-refractivity contribution in [2.24, 2.45) is 0 Å². The van der Waals surface area contributed by atoms with Crippen LogP contribution in [0.5, 0.6) is 0 Å². The molecule has 1 aromatic carbocycles. The lowest BCUT2D eigenvalue weighted by Crippen LogP contribution is -2.43. The number of likely N-dealkylation sites (tertiary alicyclic amines) is 1. The van der Waals surface area contributed by atoms with Gasteiger partial charge in [0.1, 0.15) is 10.7 Å². The fourth-order valence-electron chi connectivity index (χ4n) is 2.52. The standard InChI is InChI=1S/C16H18ClN3OS/c1-20-8-6-13(7-9-20)18-15(21)14-10-22-16(19-14)11-2-4-12(17)5-3-11/h2-5,10,13H,6-9H2,1H3,(H,18,21). The number of benzene rings is 1. The molecule has 1 aliphatic heterocycles. The Bertz CT molecular complexity index is 648. The van der Waals surface area contributed by atoms with Gasteiger partial charge in [0.15, 0.2) is 0 Å². The van der Waals surface area contributed by atoms with Gasteiger partial charge in [0.2, 0.25) is 0 Å². The van der Waals surface area contributed by atoms with Crippen LogP contribution in [0, 0.1) is 0 Å². The number of carbonyl (C=O) groups excluding carboxylic acids is 1. The van der Waals surface area contributed by atoms with Gasteiger partial charge in [-0.1, -0.05) is 23.7 Å². The lowest BCUT2D eigenvalue weighted by Gasteiger charge is -2.29. The minimum absolute atomic E-state index is 0.0778. The molecule has 3 rings (SSSR count). The van der Waals surface area contributed by atoms with E-state index in [0.29, 0.717) is 10.7 Å². The van der Waals surface area contributed by atoms with E-state index in [1.54, 1.807) is 0 Å². The van der Waals surface area contributed by atoms with E-state index in [0.717, 1.165) is 36.5 Å². The zero-order chi connectivity index (χ0) is 15.5. The Morgan fingerprint density at radius 2 is 2.00 bits per heavy atom. The molecule has 1 fully saturated rings. The van der Waals surface area contributed by atoms with E-state index in [1.807, 2.05) is 29.6 Å². The molecule has 0 atom stereocenters. The molecule has 1 aliphatic rings. The molecule has 0 bridgehead atoms. The number of aromatic nitrogens is 1. The minimum atomic E-state index is -0.0778. The van der Waals surface area contributed by atoms with Crippen LogP contribution >= 0.6 is 22.9 Å². The largest absolute Gasteiger partial charge is 0.348 e. The van der Waals surface area contributed by atoms with Crippen molar-refractivity contribution in [1.29, 1.82) is 0 Å². The smallest absolute Gasteiger partial charge is 0.270 e. The Kier molecular flexibility index (Phi) is 4.76. The second-order valence-electron chi connectivity index (χ2n) is 5.60. The normalized spacial score (nSPS) is 16.6. The summed E-state index contributed by atoms with van der Waals surface area (Å²) in [6.45, 7) is 2.05. The highest BCUT2D eigenvalue weighted by Gasteiger charge is 2.20. The highest BCUT2D eigenvalue weighted by atomic mass is 35.5. The average Bonchev–Trinajstić information content (AvgIpc) is 3.00. The summed E-state index contributed by atoms with van der Waals surface area (Å²) in [5, 5.41) is 6.43. The molecule has 0 radical (unpaired) electrons. The quantitative estimate of drug-likeness (QED) is 0.936. The first-order valence-electron chi connectivity index (χ1n) is 7.33. The lowest BCUT2D eigenvalue weighted by atomic mass is 10.1. The van der Waals surface area contributed by atoms with Crippen molar-refractivity contribution in [3.8, 4) is 10.6 Å². The fraction of sp³-hybridized carbons (Fsp3) is 0.375. The highest BCUT2D eigenvalue weighted by Crippen LogP contribution is 2.25. The zero-order valence-corrected chi connectivity index (χ0v) is 14.0. The van der Waals surface area contributed by atoms with Crippen molar-refractivity contribution in [2.75, 3.05) is 20.1 Å². The summed E-state index contributed by atoms with van der Waals surface area (Å²) >= 11 is 7.36. The predicted octanol–water partition coefficient (Wildman–Crippen LogP) is 3.29. The van der Waals surface area contributed by atoms with Crippen LogP contribution in [-0.4, -0.2) is 42.0 Å². The Morgan fingerprint density at radius 1 is 1.32 bits per heavy atom. The maximum absolute atomic E-state index is 12.3. The molecule has 0 unspecified atom stereocenters. The molecular weight excluding hydrogens is 318 g/mol. The van der Waals surface area contributed by atoms with Crippen molar-refractivity contribution in [3.05, 3.63) is 40.4 Å². The maximum atomic E-state index is 12.3. The number of halogens is 1. The molecule has 1 N–H and O–H groups in total. The molecule has 22 heavy (non-hydrogen) atoms. The third-order valence-corrected chi connectivity index (χ3v) is 5.03. The second-order valence-corrected chi connectivity index (χ2v) is 6.89. The summed E-state index contributed by atoms with van der Waals surface area (Å²) in [5.74, 6) is -0.0778. The van der Waals surface area contributed by atoms with Gasteiger partial charge in [-0.2, -0.15) is 0 Å². The number of hydrogen-bond acceptors (Lipinski definition) is 4. The van der Waals surface area contributed by atoms with Crippen LogP contribution in [0.4, 0.5) is 0 Å². The summed E-state index contributed by atoms with van der Waals surface area (Å²) in [6.07, 6.45) is 1.99. The number of rotatable bonds is 3. The Morgan fingerprint density at radius 3 is 2.68 bits per heavy atom. The van der Waals surface area contributed by atoms with Crippen molar-refractivity contribution in [1.82, 2.24) is 15.2 Å². The molecule has 1 saturated heterocycles. The van der Waals surface area contributed by atoms with Crippen LogP contribution in [0.1, 0.15) is 23.3 Å². The van der Waals surface area contributed by atoms with Gasteiger partial charge in [-0.3, -0.25) is 4.79 Å². The van der Waals surface area contributed by atoms with Gasteiger partial charge >= 0.3 is 0 Å². The second kappa shape index (κ2) is 6.77. The Labute approximate surface area is 139 Å². The molecule has 0 spiro atoms. The number of amides is 1. The number of piperidine rings is 1. The molecule has 2 heterocycles. The van der Waals surface area contributed by atoms with Crippen molar-refractivity contribution >= 4 is 28.8 Å².